The summed E-state index contributed by atoms with van der Waals surface area (Å²) in [5.74, 6) is -3.63. The topological polar surface area (TPSA) is 179 Å². The predicted molar refractivity (Wildman–Crippen MR) is 169 cm³/mol. The summed E-state index contributed by atoms with van der Waals surface area (Å²) in [6.45, 7) is 6.57. The number of benzene rings is 1. The van der Waals surface area contributed by atoms with E-state index >= 15 is 0 Å². The SMILES string of the molecule is COc1ccc(C(=O)O[C@@H]2CC[C@@]3(C)[C@@H]4CC[C@H]5[C@]6(O)C[C@H](O)[C@@]7(O)[C@@H](CN8C[C@@H](C)CC[C@H]8[C@@]7(C)O)[C@]6(O)C[C@@]53O[C@@]42O)cc1OC. The van der Waals surface area contributed by atoms with Crippen molar-refractivity contribution in [2.24, 2.45) is 29.1 Å². The molecule has 7 fully saturated rings. The highest BCUT2D eigenvalue weighted by molar-refractivity contribution is 5.90. The maximum atomic E-state index is 13.5. The molecule has 266 valence electrons. The maximum absolute atomic E-state index is 13.5. The molecule has 6 N–H and O–H groups in total. The number of carbonyl (C=O) groups is 1. The maximum Gasteiger partial charge on any atom is 0.338 e. The Morgan fingerprint density at radius 3 is 2.31 bits per heavy atom. The number of hydrogen-bond donors (Lipinski definition) is 6. The van der Waals surface area contributed by atoms with Crippen molar-refractivity contribution in [3.63, 3.8) is 0 Å². The first-order valence-electron chi connectivity index (χ1n) is 17.6. The molecular weight excluding hydrogens is 622 g/mol. The standard InChI is InChI=1S/C36H51NO11/c1-19-6-11-26-31(3,40)35(43)25(17-37(26)16-19)33(42)18-34-24(32(33,41)15-27(35)38)10-9-23-30(34,2)13-12-28(36(23,44)48-34)47-29(39)20-7-8-21(45-4)22(14-20)46-5/h7-8,14,19,23-28,38,40-44H,6,9-13,15-18H2,1-5H3/t19-,23-,24-,25-,26-,27-,28+,30-,31+,32+,33+,34+,35-,36-/m0/s1. The number of esters is 1. The average Bonchev–Trinajstić information content (AvgIpc) is 3.21. The fraction of sp³-hybridized carbons (Fsp3) is 0.806. The minimum atomic E-state index is -2.10. The van der Waals surface area contributed by atoms with Gasteiger partial charge in [0.2, 0.25) is 5.79 Å². The Morgan fingerprint density at radius 1 is 0.896 bits per heavy atom. The van der Waals surface area contributed by atoms with Gasteiger partial charge in [0.25, 0.3) is 0 Å². The van der Waals surface area contributed by atoms with Crippen molar-refractivity contribution in [3.05, 3.63) is 23.8 Å². The summed E-state index contributed by atoms with van der Waals surface area (Å²) in [4.78, 5) is 15.6. The third kappa shape index (κ3) is 3.66. The molecule has 0 unspecified atom stereocenters. The van der Waals surface area contributed by atoms with Crippen LogP contribution in [0.2, 0.25) is 0 Å². The van der Waals surface area contributed by atoms with Gasteiger partial charge in [0.1, 0.15) is 22.4 Å². The van der Waals surface area contributed by atoms with E-state index in [1.807, 2.05) is 6.92 Å². The number of hydrogen-bond acceptors (Lipinski definition) is 12. The highest BCUT2D eigenvalue weighted by atomic mass is 16.7. The van der Waals surface area contributed by atoms with E-state index < -0.39 is 81.2 Å². The van der Waals surface area contributed by atoms with E-state index in [9.17, 15) is 35.4 Å². The Bertz CT molecular complexity index is 1520. The molecule has 4 bridgehead atoms. The molecule has 4 aliphatic carbocycles. The Labute approximate surface area is 280 Å². The molecule has 3 aliphatic heterocycles. The molecule has 3 heterocycles. The zero-order valence-corrected chi connectivity index (χ0v) is 28.5. The van der Waals surface area contributed by atoms with Crippen LogP contribution in [0.15, 0.2) is 18.2 Å². The lowest BCUT2D eigenvalue weighted by atomic mass is 9.49. The molecule has 0 amide bonds. The summed E-state index contributed by atoms with van der Waals surface area (Å²) in [7, 11) is 2.97. The van der Waals surface area contributed by atoms with Crippen molar-refractivity contribution in [1.82, 2.24) is 4.90 Å². The van der Waals surface area contributed by atoms with Gasteiger partial charge in [0.05, 0.1) is 31.5 Å². The third-order valence-electron chi connectivity index (χ3n) is 14.9. The zero-order valence-electron chi connectivity index (χ0n) is 28.5. The highest BCUT2D eigenvalue weighted by Gasteiger charge is 2.88. The van der Waals surface area contributed by atoms with Gasteiger partial charge in [-0.3, -0.25) is 4.90 Å². The van der Waals surface area contributed by atoms with E-state index in [2.05, 4.69) is 11.8 Å². The summed E-state index contributed by atoms with van der Waals surface area (Å²) in [5.41, 5.74) is -9.44. The van der Waals surface area contributed by atoms with Gasteiger partial charge in [0.15, 0.2) is 17.6 Å². The second-order valence-electron chi connectivity index (χ2n) is 16.8. The van der Waals surface area contributed by atoms with Gasteiger partial charge < -0.3 is 49.6 Å². The van der Waals surface area contributed by atoms with E-state index in [1.165, 1.54) is 20.3 Å². The first-order chi connectivity index (χ1) is 22.5. The fourth-order valence-corrected chi connectivity index (χ4v) is 12.6. The number of rotatable bonds is 4. The Kier molecular flexibility index (Phi) is 6.94. The minimum absolute atomic E-state index is 0.101. The monoisotopic (exact) mass is 673 g/mol. The van der Waals surface area contributed by atoms with E-state index in [0.29, 0.717) is 56.1 Å². The fourth-order valence-electron chi connectivity index (χ4n) is 12.6. The van der Waals surface area contributed by atoms with Crippen molar-refractivity contribution in [2.45, 2.75) is 124 Å². The van der Waals surface area contributed by atoms with E-state index in [4.69, 9.17) is 18.9 Å². The molecule has 0 radical (unpaired) electrons. The quantitative estimate of drug-likeness (QED) is 0.253. The van der Waals surface area contributed by atoms with Crippen LogP contribution in [0.25, 0.3) is 0 Å². The number of ether oxygens (including phenoxy) is 4. The molecule has 12 nitrogen and oxygen atoms in total. The molecule has 12 heteroatoms. The Balaban J connectivity index is 1.16. The second kappa shape index (κ2) is 10.1. The van der Waals surface area contributed by atoms with E-state index in [0.717, 1.165) is 6.42 Å². The molecule has 3 saturated heterocycles. The molecule has 1 aromatic carbocycles. The van der Waals surface area contributed by atoms with Crippen LogP contribution in [0.5, 0.6) is 11.5 Å². The van der Waals surface area contributed by atoms with Crippen LogP contribution in [0.4, 0.5) is 0 Å². The molecule has 8 rings (SSSR count). The van der Waals surface area contributed by atoms with Gasteiger partial charge in [-0.1, -0.05) is 13.8 Å². The first kappa shape index (κ1) is 33.1. The molecule has 1 spiro atoms. The van der Waals surface area contributed by atoms with Crippen molar-refractivity contribution in [1.29, 1.82) is 0 Å². The summed E-state index contributed by atoms with van der Waals surface area (Å²) >= 11 is 0. The van der Waals surface area contributed by atoms with Crippen LogP contribution in [-0.2, 0) is 9.47 Å². The summed E-state index contributed by atoms with van der Waals surface area (Å²) in [6.07, 6.45) is 0.172. The first-order valence-corrected chi connectivity index (χ1v) is 17.6. The van der Waals surface area contributed by atoms with Gasteiger partial charge in [-0.15, -0.1) is 0 Å². The number of aliphatic hydroxyl groups is 6. The van der Waals surface area contributed by atoms with E-state index in [1.54, 1.807) is 19.1 Å². The Morgan fingerprint density at radius 2 is 1.60 bits per heavy atom. The highest BCUT2D eigenvalue weighted by Crippen LogP contribution is 2.78. The van der Waals surface area contributed by atoms with Gasteiger partial charge in [-0.2, -0.15) is 0 Å². The van der Waals surface area contributed by atoms with Crippen molar-refractivity contribution < 1.29 is 54.4 Å². The zero-order chi connectivity index (χ0) is 34.4. The minimum Gasteiger partial charge on any atom is -0.493 e. The van der Waals surface area contributed by atoms with Crippen molar-refractivity contribution in [2.75, 3.05) is 27.3 Å². The van der Waals surface area contributed by atoms with Crippen molar-refractivity contribution in [3.8, 4) is 11.5 Å². The van der Waals surface area contributed by atoms with E-state index in [-0.39, 0.29) is 24.9 Å². The van der Waals surface area contributed by atoms with Crippen LogP contribution >= 0.6 is 0 Å². The normalized spacial score (nSPS) is 53.6. The molecule has 4 saturated carbocycles. The number of carbonyl (C=O) groups excluding carboxylic acids is 1. The largest absolute Gasteiger partial charge is 0.493 e. The third-order valence-corrected chi connectivity index (χ3v) is 14.9. The number of fused-ring (bicyclic) bond motifs is 5. The van der Waals surface area contributed by atoms with Crippen LogP contribution in [0.1, 0.15) is 82.5 Å². The summed E-state index contributed by atoms with van der Waals surface area (Å²) in [6, 6.07) is 4.28. The smallest absolute Gasteiger partial charge is 0.338 e. The number of piperidine rings is 2. The molecule has 0 aromatic heterocycles. The summed E-state index contributed by atoms with van der Waals surface area (Å²) in [5, 5.41) is 74.7. The lowest BCUT2D eigenvalue weighted by molar-refractivity contribution is -0.354. The predicted octanol–water partition coefficient (Wildman–Crippen LogP) is 1.36. The van der Waals surface area contributed by atoms with Crippen LogP contribution in [0, 0.1) is 29.1 Å². The van der Waals surface area contributed by atoms with Gasteiger partial charge >= 0.3 is 5.97 Å². The van der Waals surface area contributed by atoms with Crippen LogP contribution < -0.4 is 9.47 Å². The van der Waals surface area contributed by atoms with Crippen LogP contribution in [-0.4, -0.2) is 121 Å². The molecule has 1 aromatic rings. The molecule has 48 heavy (non-hydrogen) atoms. The Hall–Kier alpha value is -2.03. The van der Waals surface area contributed by atoms with Gasteiger partial charge in [0, 0.05) is 55.1 Å². The van der Waals surface area contributed by atoms with Crippen molar-refractivity contribution >= 4 is 5.97 Å². The molecule has 7 aliphatic rings. The number of methoxy groups -OCH3 is 2. The second-order valence-corrected chi connectivity index (χ2v) is 16.8. The van der Waals surface area contributed by atoms with Gasteiger partial charge in [-0.25, -0.2) is 4.79 Å². The number of aliphatic hydroxyl groups excluding tert-OH is 1. The van der Waals surface area contributed by atoms with Crippen LogP contribution in [0.3, 0.4) is 0 Å². The lowest BCUT2D eigenvalue weighted by Gasteiger charge is -2.68. The molecule has 14 atom stereocenters. The average molecular weight is 674 g/mol. The molecular formula is C36H51NO11. The van der Waals surface area contributed by atoms with Gasteiger partial charge in [-0.05, 0) is 69.6 Å². The summed E-state index contributed by atoms with van der Waals surface area (Å²) < 4.78 is 23.5. The number of nitrogens with zero attached hydrogens (tertiary/aromatic N) is 1. The lowest BCUT2D eigenvalue weighted by Crippen LogP contribution is -2.85.